The van der Waals surface area contributed by atoms with Crippen LogP contribution >= 0.6 is 0 Å². The maximum Gasteiger partial charge on any atom is 0.323 e. The van der Waals surface area contributed by atoms with E-state index in [-0.39, 0.29) is 17.9 Å². The van der Waals surface area contributed by atoms with Gasteiger partial charge in [0, 0.05) is 24.9 Å². The van der Waals surface area contributed by atoms with Gasteiger partial charge >= 0.3 is 5.97 Å². The first-order valence-corrected chi connectivity index (χ1v) is 8.54. The van der Waals surface area contributed by atoms with Gasteiger partial charge < -0.3 is 4.74 Å². The van der Waals surface area contributed by atoms with Crippen molar-refractivity contribution in [3.05, 3.63) is 11.6 Å². The average molecular weight is 307 g/mol. The largest absolute Gasteiger partial charge is 0.468 e. The highest BCUT2D eigenvalue weighted by molar-refractivity contribution is 6.00. The van der Waals surface area contributed by atoms with Crippen LogP contribution in [0.25, 0.3) is 0 Å². The smallest absolute Gasteiger partial charge is 0.323 e. The molecule has 0 aromatic rings. The number of carbonyl (C=O) groups excluding carboxylic acids is 2. The molecule has 0 amide bonds. The summed E-state index contributed by atoms with van der Waals surface area (Å²) in [5, 5.41) is 0. The van der Waals surface area contributed by atoms with Crippen LogP contribution in [0, 0.1) is 17.8 Å². The Morgan fingerprint density at radius 3 is 2.68 bits per heavy atom. The van der Waals surface area contributed by atoms with E-state index in [1.807, 2.05) is 0 Å². The number of hydrogen-bond acceptors (Lipinski definition) is 4. The third-order valence-electron chi connectivity index (χ3n) is 4.87. The molecule has 0 N–H and O–H groups in total. The van der Waals surface area contributed by atoms with Crippen molar-refractivity contribution in [3.63, 3.8) is 0 Å². The van der Waals surface area contributed by atoms with Crippen molar-refractivity contribution in [1.82, 2.24) is 4.90 Å². The van der Waals surface area contributed by atoms with E-state index >= 15 is 0 Å². The van der Waals surface area contributed by atoms with Crippen molar-refractivity contribution < 1.29 is 14.3 Å². The number of Topliss-reactive ketones (excluding diaryl/α,β-unsaturated/α-hetero) is 1. The highest BCUT2D eigenvalue weighted by atomic mass is 16.5. The molecule has 2 aliphatic rings. The van der Waals surface area contributed by atoms with Crippen molar-refractivity contribution in [2.45, 2.75) is 52.5 Å². The van der Waals surface area contributed by atoms with Gasteiger partial charge in [-0.1, -0.05) is 33.3 Å². The second-order valence-electron chi connectivity index (χ2n) is 7.05. The quantitative estimate of drug-likeness (QED) is 0.679. The van der Waals surface area contributed by atoms with Crippen LogP contribution in [0.1, 0.15) is 46.5 Å². The Labute approximate surface area is 133 Å². The van der Waals surface area contributed by atoms with Crippen LogP contribution in [-0.4, -0.2) is 42.9 Å². The molecule has 1 aliphatic carbocycles. The summed E-state index contributed by atoms with van der Waals surface area (Å²) in [6.45, 7) is 7.87. The van der Waals surface area contributed by atoms with Crippen LogP contribution in [0.2, 0.25) is 0 Å². The lowest BCUT2D eigenvalue weighted by molar-refractivity contribution is -0.147. The summed E-state index contributed by atoms with van der Waals surface area (Å²) in [5.41, 5.74) is 1.02. The number of ketones is 1. The zero-order valence-corrected chi connectivity index (χ0v) is 14.3. The van der Waals surface area contributed by atoms with Crippen LogP contribution < -0.4 is 0 Å². The molecular formula is C18H29NO3. The van der Waals surface area contributed by atoms with Gasteiger partial charge in [0.2, 0.25) is 0 Å². The van der Waals surface area contributed by atoms with E-state index in [9.17, 15) is 9.59 Å². The Morgan fingerprint density at radius 1 is 1.41 bits per heavy atom. The summed E-state index contributed by atoms with van der Waals surface area (Å²) in [6, 6.07) is -0.212. The highest BCUT2D eigenvalue weighted by Gasteiger charge is 2.45. The molecule has 0 aromatic heterocycles. The number of unbranched alkanes of at least 4 members (excludes halogenated alkanes) is 1. The fourth-order valence-electron chi connectivity index (χ4n) is 3.69. The van der Waals surface area contributed by atoms with E-state index in [1.54, 1.807) is 0 Å². The monoisotopic (exact) mass is 307 g/mol. The number of hydrogen-bond donors (Lipinski definition) is 0. The molecule has 0 aromatic carbocycles. The number of methoxy groups -OCH3 is 1. The van der Waals surface area contributed by atoms with E-state index in [2.05, 4.69) is 31.7 Å². The van der Waals surface area contributed by atoms with Gasteiger partial charge in [-0.25, -0.2) is 0 Å². The van der Waals surface area contributed by atoms with Crippen LogP contribution in [0.5, 0.6) is 0 Å². The minimum Gasteiger partial charge on any atom is -0.468 e. The standard InChI is InChI=1S/C18H29NO3/c1-5-6-7-13-9-14-10-19(11-15(14)17(13)20)16(8-12(2)3)18(21)22-4/h9,12,14-16H,5-8,10-11H2,1-4H3/t14-,15+,16-/m0/s1. The van der Waals surface area contributed by atoms with Gasteiger partial charge in [-0.05, 0) is 30.8 Å². The average Bonchev–Trinajstić information content (AvgIpc) is 3.01. The van der Waals surface area contributed by atoms with E-state index in [0.29, 0.717) is 24.2 Å². The maximum absolute atomic E-state index is 12.5. The number of allylic oxidation sites excluding steroid dienone is 1. The Morgan fingerprint density at radius 2 is 2.14 bits per heavy atom. The Balaban J connectivity index is 2.04. The van der Waals surface area contributed by atoms with Gasteiger partial charge in [0.1, 0.15) is 6.04 Å². The first-order valence-electron chi connectivity index (χ1n) is 8.54. The topological polar surface area (TPSA) is 46.6 Å². The Kier molecular flexibility index (Phi) is 5.79. The zero-order valence-electron chi connectivity index (χ0n) is 14.3. The SMILES string of the molecule is CCCCC1=C[C@H]2CN([C@@H](CC(C)C)C(=O)OC)C[C@H]2C1=O. The summed E-state index contributed by atoms with van der Waals surface area (Å²) in [7, 11) is 1.44. The third-order valence-corrected chi connectivity index (χ3v) is 4.87. The lowest BCUT2D eigenvalue weighted by Crippen LogP contribution is -2.42. The fraction of sp³-hybridized carbons (Fsp3) is 0.778. The second-order valence-corrected chi connectivity index (χ2v) is 7.05. The fourth-order valence-corrected chi connectivity index (χ4v) is 3.69. The van der Waals surface area contributed by atoms with E-state index in [4.69, 9.17) is 4.74 Å². The lowest BCUT2D eigenvalue weighted by atomic mass is 9.97. The number of esters is 1. The molecule has 1 aliphatic heterocycles. The van der Waals surface area contributed by atoms with Crippen molar-refractivity contribution in [1.29, 1.82) is 0 Å². The molecule has 4 heteroatoms. The molecule has 4 nitrogen and oxygen atoms in total. The molecule has 3 atom stereocenters. The molecular weight excluding hydrogens is 278 g/mol. The minimum atomic E-state index is -0.212. The minimum absolute atomic E-state index is 0.0613. The van der Waals surface area contributed by atoms with Crippen LogP contribution in [0.15, 0.2) is 11.6 Å². The predicted molar refractivity (Wildman–Crippen MR) is 86.4 cm³/mol. The number of carbonyl (C=O) groups is 2. The van der Waals surface area contributed by atoms with Gasteiger partial charge in [0.05, 0.1) is 7.11 Å². The Bertz CT molecular complexity index is 455. The molecule has 0 unspecified atom stereocenters. The number of fused-ring (bicyclic) bond motifs is 1. The summed E-state index contributed by atoms with van der Waals surface area (Å²) in [5.74, 6) is 0.922. The van der Waals surface area contributed by atoms with Crippen LogP contribution in [0.4, 0.5) is 0 Å². The normalized spacial score (nSPS) is 26.2. The molecule has 0 radical (unpaired) electrons. The number of likely N-dealkylation sites (tertiary alicyclic amines) is 1. The summed E-state index contributed by atoms with van der Waals surface area (Å²) >= 11 is 0. The molecule has 1 fully saturated rings. The number of ether oxygens (including phenoxy) is 1. The number of nitrogens with zero attached hydrogens (tertiary/aromatic N) is 1. The van der Waals surface area contributed by atoms with Crippen molar-refractivity contribution in [2.75, 3.05) is 20.2 Å². The van der Waals surface area contributed by atoms with Gasteiger partial charge in [0.15, 0.2) is 5.78 Å². The Hall–Kier alpha value is -1.16. The summed E-state index contributed by atoms with van der Waals surface area (Å²) in [4.78, 5) is 26.7. The third kappa shape index (κ3) is 3.60. The highest BCUT2D eigenvalue weighted by Crippen LogP contribution is 2.37. The lowest BCUT2D eigenvalue weighted by Gasteiger charge is -2.27. The molecule has 0 bridgehead atoms. The van der Waals surface area contributed by atoms with E-state index in [0.717, 1.165) is 37.8 Å². The van der Waals surface area contributed by atoms with Crippen molar-refractivity contribution in [2.24, 2.45) is 17.8 Å². The summed E-state index contributed by atoms with van der Waals surface area (Å²) < 4.78 is 4.97. The van der Waals surface area contributed by atoms with E-state index in [1.165, 1.54) is 7.11 Å². The zero-order chi connectivity index (χ0) is 16.3. The predicted octanol–water partition coefficient (Wildman–Crippen LogP) is 2.82. The van der Waals surface area contributed by atoms with Gasteiger partial charge in [-0.2, -0.15) is 0 Å². The maximum atomic E-state index is 12.5. The molecule has 1 heterocycles. The second kappa shape index (κ2) is 7.40. The summed E-state index contributed by atoms with van der Waals surface area (Å²) in [6.07, 6.45) is 6.07. The van der Waals surface area contributed by atoms with Crippen molar-refractivity contribution >= 4 is 11.8 Å². The molecule has 124 valence electrons. The molecule has 0 saturated carbocycles. The van der Waals surface area contributed by atoms with Gasteiger partial charge in [0.25, 0.3) is 0 Å². The molecule has 22 heavy (non-hydrogen) atoms. The molecule has 0 spiro atoms. The van der Waals surface area contributed by atoms with Crippen LogP contribution in [0.3, 0.4) is 0 Å². The van der Waals surface area contributed by atoms with Crippen molar-refractivity contribution in [3.8, 4) is 0 Å². The first kappa shape index (κ1) is 17.2. The van der Waals surface area contributed by atoms with Crippen LogP contribution in [-0.2, 0) is 14.3 Å². The first-order chi connectivity index (χ1) is 10.5. The number of rotatable bonds is 7. The molecule has 2 rings (SSSR count). The van der Waals surface area contributed by atoms with Gasteiger partial charge in [-0.15, -0.1) is 0 Å². The molecule has 1 saturated heterocycles. The van der Waals surface area contributed by atoms with Gasteiger partial charge in [-0.3, -0.25) is 14.5 Å². The van der Waals surface area contributed by atoms with E-state index < -0.39 is 0 Å².